The molecule has 0 unspecified atom stereocenters. The van der Waals surface area contributed by atoms with E-state index < -0.39 is 48.6 Å². The van der Waals surface area contributed by atoms with Crippen molar-refractivity contribution in [1.29, 1.82) is 0 Å². The molecule has 2 aromatic carbocycles. The Morgan fingerprint density at radius 1 is 0.762 bits per heavy atom. The lowest BCUT2D eigenvalue weighted by atomic mass is 9.26. The Hall–Kier alpha value is -3.17. The van der Waals surface area contributed by atoms with Crippen molar-refractivity contribution in [3.05, 3.63) is 63.2 Å². The van der Waals surface area contributed by atoms with Crippen LogP contribution in [0, 0.1) is 3.57 Å². The van der Waals surface area contributed by atoms with Crippen LogP contribution in [-0.2, 0) is 31.9 Å². The molecule has 0 spiro atoms. The lowest BCUT2D eigenvalue weighted by Gasteiger charge is -2.22. The van der Waals surface area contributed by atoms with Crippen LogP contribution < -0.4 is 16.1 Å². The molecular weight excluding hydrogens is 657 g/mol. The second-order valence-electron chi connectivity index (χ2n) is 11.5. The molecule has 0 aliphatic carbocycles. The number of alkyl carbamates (subject to hydrolysis) is 2. The van der Waals surface area contributed by atoms with Crippen molar-refractivity contribution >= 4 is 59.1 Å². The van der Waals surface area contributed by atoms with Gasteiger partial charge in [0, 0.05) is 9.99 Å². The second-order valence-corrected chi connectivity index (χ2v) is 12.7. The predicted molar refractivity (Wildman–Crippen MR) is 167 cm³/mol. The van der Waals surface area contributed by atoms with Crippen molar-refractivity contribution in [1.82, 2.24) is 10.6 Å². The fourth-order valence-corrected chi connectivity index (χ4v) is 3.67. The number of carbonyl (C=O) groups excluding carboxylic acids is 3. The van der Waals surface area contributed by atoms with Gasteiger partial charge in [0.1, 0.15) is 17.2 Å². The van der Waals surface area contributed by atoms with Crippen LogP contribution >= 0.6 is 22.6 Å². The van der Waals surface area contributed by atoms with Crippen molar-refractivity contribution in [2.45, 2.75) is 84.6 Å². The molecule has 0 aromatic heterocycles. The summed E-state index contributed by atoms with van der Waals surface area (Å²) in [6, 6.07) is 12.2. The molecule has 2 rings (SSSR count). The number of aliphatic carboxylic acids is 1. The number of ketones is 1. The van der Waals surface area contributed by atoms with Crippen LogP contribution in [0.25, 0.3) is 0 Å². The van der Waals surface area contributed by atoms with Gasteiger partial charge in [-0.1, -0.05) is 36.4 Å². The van der Waals surface area contributed by atoms with Crippen LogP contribution in [0.15, 0.2) is 48.5 Å². The van der Waals surface area contributed by atoms with Crippen molar-refractivity contribution in [2.24, 2.45) is 0 Å². The molecular formula is C29H40BIN2O9. The molecule has 42 heavy (non-hydrogen) atoms. The van der Waals surface area contributed by atoms with E-state index in [-0.39, 0.29) is 12.2 Å². The summed E-state index contributed by atoms with van der Waals surface area (Å²) >= 11 is 2.17. The largest absolute Gasteiger partial charge is 0.488 e. The van der Waals surface area contributed by atoms with Crippen molar-refractivity contribution in [3.8, 4) is 0 Å². The van der Waals surface area contributed by atoms with Gasteiger partial charge < -0.3 is 35.3 Å². The number of amides is 2. The zero-order valence-corrected chi connectivity index (χ0v) is 27.1. The highest BCUT2D eigenvalue weighted by Crippen LogP contribution is 2.11. The van der Waals surface area contributed by atoms with Crippen molar-refractivity contribution in [2.75, 3.05) is 0 Å². The Morgan fingerprint density at radius 2 is 1.14 bits per heavy atom. The zero-order chi connectivity index (χ0) is 32.3. The Bertz CT molecular complexity index is 1190. The van der Waals surface area contributed by atoms with Crippen LogP contribution in [-0.4, -0.2) is 69.5 Å². The van der Waals surface area contributed by atoms with Gasteiger partial charge in [-0.2, -0.15) is 0 Å². The van der Waals surface area contributed by atoms with E-state index >= 15 is 0 Å². The van der Waals surface area contributed by atoms with Gasteiger partial charge in [-0.3, -0.25) is 4.79 Å². The number of Topliss-reactive ketones (excluding diaryl/α,β-unsaturated/α-hetero) is 1. The molecule has 0 fully saturated rings. The van der Waals surface area contributed by atoms with E-state index in [4.69, 9.17) is 24.6 Å². The molecule has 11 nitrogen and oxygen atoms in total. The maximum absolute atomic E-state index is 11.8. The first-order valence-electron chi connectivity index (χ1n) is 13.2. The third-order valence-corrected chi connectivity index (χ3v) is 5.96. The summed E-state index contributed by atoms with van der Waals surface area (Å²) in [6.07, 6.45) is -0.854. The van der Waals surface area contributed by atoms with E-state index in [0.29, 0.717) is 11.9 Å². The van der Waals surface area contributed by atoms with Crippen LogP contribution in [0.5, 0.6) is 0 Å². The van der Waals surface area contributed by atoms with E-state index in [1.165, 1.54) is 6.92 Å². The summed E-state index contributed by atoms with van der Waals surface area (Å²) in [5, 5.41) is 32.2. The number of halogens is 1. The number of carboxylic acids is 1. The average Bonchev–Trinajstić information content (AvgIpc) is 2.83. The van der Waals surface area contributed by atoms with Crippen LogP contribution in [0.1, 0.15) is 59.6 Å². The number of hydrogen-bond donors (Lipinski definition) is 5. The average molecular weight is 698 g/mol. The lowest BCUT2D eigenvalue weighted by Crippen LogP contribution is -2.44. The molecule has 2 amide bonds. The number of ether oxygens (including phenoxy) is 2. The van der Waals surface area contributed by atoms with Crippen LogP contribution in [0.3, 0.4) is 0 Å². The molecule has 0 saturated carbocycles. The topological polar surface area (TPSA) is 171 Å². The minimum Gasteiger partial charge on any atom is -0.480 e. The molecule has 0 aliphatic heterocycles. The summed E-state index contributed by atoms with van der Waals surface area (Å²) in [5.74, 6) is -1.27. The lowest BCUT2D eigenvalue weighted by molar-refractivity contribution is -0.139. The number of benzene rings is 2. The highest BCUT2D eigenvalue weighted by molar-refractivity contribution is 14.1. The highest BCUT2D eigenvalue weighted by Gasteiger charge is 2.25. The fourth-order valence-electron chi connectivity index (χ4n) is 3.31. The first-order valence-corrected chi connectivity index (χ1v) is 14.3. The molecule has 230 valence electrons. The molecule has 0 saturated heterocycles. The first-order chi connectivity index (χ1) is 19.3. The van der Waals surface area contributed by atoms with Gasteiger partial charge >= 0.3 is 25.3 Å². The number of hydrogen-bond acceptors (Lipinski definition) is 8. The highest BCUT2D eigenvalue weighted by atomic mass is 127. The third kappa shape index (κ3) is 15.7. The number of carboxylic acid groups (broad SMARTS) is 1. The van der Waals surface area contributed by atoms with Gasteiger partial charge in [-0.05, 0) is 106 Å². The standard InChI is InChI=1S/C15H22BNO5.C14H18INO4/c1-10(18)13(17-14(19)22-15(2,3)4)9-11-5-7-12(8-6-11)16(20)21;1-14(2,3)20-13(19)16-11(12(17)18)8-9-4-6-10(15)7-5-9/h5-8,13,20-21H,9H2,1-4H3,(H,17,19);4-7,11H,8H2,1-3H3,(H,16,19)(H,17,18)/t13-;11-/m00/s1/i16-1;. The summed E-state index contributed by atoms with van der Waals surface area (Å²) in [6.45, 7) is 11.8. The van der Waals surface area contributed by atoms with Crippen LogP contribution in [0.4, 0.5) is 9.59 Å². The molecule has 13 heteroatoms. The molecule has 2 atom stereocenters. The zero-order valence-electron chi connectivity index (χ0n) is 24.9. The summed E-state index contributed by atoms with van der Waals surface area (Å²) in [5.41, 5.74) is 0.707. The molecule has 0 bridgehead atoms. The van der Waals surface area contributed by atoms with E-state index in [9.17, 15) is 19.2 Å². The Morgan fingerprint density at radius 3 is 1.50 bits per heavy atom. The van der Waals surface area contributed by atoms with Gasteiger partial charge in [0.15, 0.2) is 5.78 Å². The third-order valence-electron chi connectivity index (χ3n) is 5.24. The number of rotatable bonds is 9. The molecule has 0 radical (unpaired) electrons. The van der Waals surface area contributed by atoms with Crippen LogP contribution in [0.2, 0.25) is 0 Å². The Labute approximate surface area is 260 Å². The minimum absolute atomic E-state index is 0.183. The molecule has 0 aliphatic rings. The number of nitrogens with one attached hydrogen (secondary N) is 2. The van der Waals surface area contributed by atoms with Crippen molar-refractivity contribution < 1.29 is 43.8 Å². The molecule has 0 heterocycles. The monoisotopic (exact) mass is 697 g/mol. The minimum atomic E-state index is -1.53. The second kappa shape index (κ2) is 16.5. The van der Waals surface area contributed by atoms with Gasteiger partial charge in [-0.25, -0.2) is 14.4 Å². The van der Waals surface area contributed by atoms with Gasteiger partial charge in [-0.15, -0.1) is 0 Å². The van der Waals surface area contributed by atoms with Gasteiger partial charge in [0.05, 0.1) is 6.04 Å². The van der Waals surface area contributed by atoms with Crippen molar-refractivity contribution in [3.63, 3.8) is 0 Å². The molecule has 5 N–H and O–H groups in total. The van der Waals surface area contributed by atoms with E-state index in [1.807, 2.05) is 24.3 Å². The first kappa shape index (κ1) is 36.9. The fraction of sp³-hybridized carbons (Fsp3) is 0.448. The summed E-state index contributed by atoms with van der Waals surface area (Å²) in [7, 11) is -1.53. The maximum atomic E-state index is 11.8. The smallest absolute Gasteiger partial charge is 0.480 e. The normalized spacial score (nSPS) is 12.5. The van der Waals surface area contributed by atoms with E-state index in [1.54, 1.807) is 65.8 Å². The Balaban J connectivity index is 0.000000422. The summed E-state index contributed by atoms with van der Waals surface area (Å²) < 4.78 is 11.3. The van der Waals surface area contributed by atoms with Gasteiger partial charge in [0.2, 0.25) is 0 Å². The SMILES string of the molecule is CC(=O)[C@H](Cc1ccc([10B](O)O)cc1)NC(=O)OC(C)(C)C.CC(C)(C)OC(=O)N[C@@H](Cc1ccc(I)cc1)C(=O)O. The number of carbonyl (C=O) groups is 4. The predicted octanol–water partition coefficient (Wildman–Crippen LogP) is 3.20. The maximum Gasteiger partial charge on any atom is 0.488 e. The molecule has 2 aromatic rings. The van der Waals surface area contributed by atoms with Gasteiger partial charge in [0.25, 0.3) is 0 Å². The summed E-state index contributed by atoms with van der Waals surface area (Å²) in [4.78, 5) is 46.2. The Kier molecular flexibility index (Phi) is 14.5. The van der Waals surface area contributed by atoms with E-state index in [0.717, 1.165) is 14.7 Å². The van der Waals surface area contributed by atoms with E-state index in [2.05, 4.69) is 33.2 Å². The quantitative estimate of drug-likeness (QED) is 0.195.